The van der Waals surface area contributed by atoms with E-state index in [0.29, 0.717) is 10.6 Å². The van der Waals surface area contributed by atoms with Crippen LogP contribution in [0.25, 0.3) is 5.69 Å². The van der Waals surface area contributed by atoms with E-state index in [9.17, 15) is 4.79 Å². The lowest BCUT2D eigenvalue weighted by atomic mass is 10.2. The van der Waals surface area contributed by atoms with Crippen LogP contribution in [0.15, 0.2) is 30.6 Å². The van der Waals surface area contributed by atoms with Gasteiger partial charge in [0.05, 0.1) is 5.69 Å². The quantitative estimate of drug-likeness (QED) is 0.779. The number of aldehydes is 1. The Hall–Kier alpha value is -1.61. The number of carbonyl (C=O) groups is 1. The van der Waals surface area contributed by atoms with Gasteiger partial charge in [-0.1, -0.05) is 18.5 Å². The fourth-order valence-corrected chi connectivity index (χ4v) is 1.95. The first-order valence-electron chi connectivity index (χ1n) is 5.53. The van der Waals surface area contributed by atoms with Gasteiger partial charge >= 0.3 is 0 Å². The third-order valence-corrected chi connectivity index (χ3v) is 2.81. The molecule has 0 unspecified atom stereocenters. The number of hydrogen-bond acceptors (Lipinski definition) is 2. The Kier molecular flexibility index (Phi) is 3.59. The SMILES string of the molecule is CCCc1nccn1-c1cc(Cl)ccc1C=O. The molecule has 88 valence electrons. The van der Waals surface area contributed by atoms with Crippen LogP contribution in [0.4, 0.5) is 0 Å². The molecule has 0 aliphatic heterocycles. The highest BCUT2D eigenvalue weighted by Crippen LogP contribution is 2.20. The first-order valence-corrected chi connectivity index (χ1v) is 5.91. The summed E-state index contributed by atoms with van der Waals surface area (Å²) in [5.74, 6) is 0.942. The predicted octanol–water partition coefficient (Wildman–Crippen LogP) is 3.29. The normalized spacial score (nSPS) is 10.5. The molecule has 0 amide bonds. The number of hydrogen-bond donors (Lipinski definition) is 0. The molecule has 0 atom stereocenters. The third kappa shape index (κ3) is 2.39. The van der Waals surface area contributed by atoms with Crippen LogP contribution < -0.4 is 0 Å². The second kappa shape index (κ2) is 5.15. The minimum Gasteiger partial charge on any atom is -0.303 e. The number of halogens is 1. The van der Waals surface area contributed by atoms with Gasteiger partial charge in [0.1, 0.15) is 5.82 Å². The van der Waals surface area contributed by atoms with E-state index < -0.39 is 0 Å². The van der Waals surface area contributed by atoms with Crippen molar-refractivity contribution in [1.82, 2.24) is 9.55 Å². The molecule has 1 aromatic heterocycles. The summed E-state index contributed by atoms with van der Waals surface area (Å²) in [7, 11) is 0. The molecule has 0 spiro atoms. The fraction of sp³-hybridized carbons (Fsp3) is 0.231. The molecular formula is C13H13ClN2O. The van der Waals surface area contributed by atoms with Crippen LogP contribution in [-0.2, 0) is 6.42 Å². The largest absolute Gasteiger partial charge is 0.303 e. The summed E-state index contributed by atoms with van der Waals surface area (Å²) in [4.78, 5) is 15.3. The molecule has 0 saturated heterocycles. The third-order valence-electron chi connectivity index (χ3n) is 2.57. The van der Waals surface area contributed by atoms with E-state index in [1.807, 2.05) is 10.8 Å². The van der Waals surface area contributed by atoms with Gasteiger partial charge in [0.2, 0.25) is 0 Å². The summed E-state index contributed by atoms with van der Waals surface area (Å²) >= 11 is 5.97. The van der Waals surface area contributed by atoms with E-state index >= 15 is 0 Å². The van der Waals surface area contributed by atoms with Crippen molar-refractivity contribution in [1.29, 1.82) is 0 Å². The Bertz CT molecular complexity index is 534. The van der Waals surface area contributed by atoms with Crippen molar-refractivity contribution < 1.29 is 4.79 Å². The van der Waals surface area contributed by atoms with Gasteiger partial charge in [-0.15, -0.1) is 0 Å². The maximum Gasteiger partial charge on any atom is 0.152 e. The van der Waals surface area contributed by atoms with E-state index in [0.717, 1.165) is 30.6 Å². The zero-order valence-corrected chi connectivity index (χ0v) is 10.3. The second-order valence-electron chi connectivity index (χ2n) is 3.78. The number of carbonyl (C=O) groups excluding carboxylic acids is 1. The molecular weight excluding hydrogens is 236 g/mol. The van der Waals surface area contributed by atoms with Gasteiger partial charge in [-0.2, -0.15) is 0 Å². The van der Waals surface area contributed by atoms with Crippen molar-refractivity contribution in [2.45, 2.75) is 19.8 Å². The monoisotopic (exact) mass is 248 g/mol. The molecule has 0 saturated carbocycles. The minimum absolute atomic E-state index is 0.613. The van der Waals surface area contributed by atoms with Crippen LogP contribution in [0, 0.1) is 0 Å². The smallest absolute Gasteiger partial charge is 0.152 e. The number of aryl methyl sites for hydroxylation is 1. The van der Waals surface area contributed by atoms with E-state index in [2.05, 4.69) is 11.9 Å². The number of aromatic nitrogens is 2. The Morgan fingerprint density at radius 1 is 1.47 bits per heavy atom. The molecule has 2 aromatic rings. The maximum absolute atomic E-state index is 11.0. The highest BCUT2D eigenvalue weighted by Gasteiger charge is 2.09. The molecule has 17 heavy (non-hydrogen) atoms. The van der Waals surface area contributed by atoms with Crippen LogP contribution >= 0.6 is 11.6 Å². The van der Waals surface area contributed by atoms with Gasteiger partial charge in [0, 0.05) is 29.4 Å². The summed E-state index contributed by atoms with van der Waals surface area (Å²) in [5.41, 5.74) is 1.40. The zero-order valence-electron chi connectivity index (χ0n) is 9.56. The van der Waals surface area contributed by atoms with Crippen molar-refractivity contribution in [3.63, 3.8) is 0 Å². The first kappa shape index (κ1) is 11.9. The Morgan fingerprint density at radius 2 is 2.29 bits per heavy atom. The standard InChI is InChI=1S/C13H13ClN2O/c1-2-3-13-15-6-7-16(13)12-8-11(14)5-4-10(12)9-17/h4-9H,2-3H2,1H3. The molecule has 0 fully saturated rings. The molecule has 1 heterocycles. The van der Waals surface area contributed by atoms with Gasteiger partial charge in [0.25, 0.3) is 0 Å². The predicted molar refractivity (Wildman–Crippen MR) is 68.0 cm³/mol. The van der Waals surface area contributed by atoms with Gasteiger partial charge in [-0.3, -0.25) is 4.79 Å². The number of imidazole rings is 1. The van der Waals surface area contributed by atoms with Crippen LogP contribution in [0.1, 0.15) is 29.5 Å². The molecule has 0 radical (unpaired) electrons. The summed E-state index contributed by atoms with van der Waals surface area (Å²) in [6.45, 7) is 2.09. The fourth-order valence-electron chi connectivity index (χ4n) is 1.79. The highest BCUT2D eigenvalue weighted by atomic mass is 35.5. The van der Waals surface area contributed by atoms with Crippen LogP contribution in [0.3, 0.4) is 0 Å². The molecule has 3 nitrogen and oxygen atoms in total. The van der Waals surface area contributed by atoms with E-state index in [1.165, 1.54) is 0 Å². The summed E-state index contributed by atoms with van der Waals surface area (Å²) in [6, 6.07) is 5.22. The van der Waals surface area contributed by atoms with Crippen LogP contribution in [-0.4, -0.2) is 15.8 Å². The summed E-state index contributed by atoms with van der Waals surface area (Å²) in [5, 5.41) is 0.613. The minimum atomic E-state index is 0.613. The van der Waals surface area contributed by atoms with Crippen molar-refractivity contribution in [3.8, 4) is 5.69 Å². The number of nitrogens with zero attached hydrogens (tertiary/aromatic N) is 2. The van der Waals surface area contributed by atoms with Crippen LogP contribution in [0.2, 0.25) is 5.02 Å². The van der Waals surface area contributed by atoms with E-state index in [1.54, 1.807) is 24.4 Å². The Balaban J connectivity index is 2.54. The summed E-state index contributed by atoms with van der Waals surface area (Å²) in [6.07, 6.45) is 6.30. The van der Waals surface area contributed by atoms with Gasteiger partial charge in [0.15, 0.2) is 6.29 Å². The first-order chi connectivity index (χ1) is 8.26. The zero-order chi connectivity index (χ0) is 12.3. The van der Waals surface area contributed by atoms with Gasteiger partial charge in [-0.25, -0.2) is 4.98 Å². The van der Waals surface area contributed by atoms with Crippen LogP contribution in [0.5, 0.6) is 0 Å². The molecule has 0 aliphatic carbocycles. The highest BCUT2D eigenvalue weighted by molar-refractivity contribution is 6.30. The second-order valence-corrected chi connectivity index (χ2v) is 4.22. The lowest BCUT2D eigenvalue weighted by Crippen LogP contribution is -2.03. The maximum atomic E-state index is 11.0. The molecule has 2 rings (SSSR count). The van der Waals surface area contributed by atoms with Crippen molar-refractivity contribution in [2.24, 2.45) is 0 Å². The lowest BCUT2D eigenvalue weighted by Gasteiger charge is -2.10. The molecule has 1 aromatic carbocycles. The molecule has 0 aliphatic rings. The Labute approximate surface area is 105 Å². The average Bonchev–Trinajstić information content (AvgIpc) is 2.77. The van der Waals surface area contributed by atoms with Crippen molar-refractivity contribution in [3.05, 3.63) is 47.0 Å². The number of benzene rings is 1. The Morgan fingerprint density at radius 3 is 3.00 bits per heavy atom. The van der Waals surface area contributed by atoms with Gasteiger partial charge < -0.3 is 4.57 Å². The average molecular weight is 249 g/mol. The van der Waals surface area contributed by atoms with Crippen molar-refractivity contribution in [2.75, 3.05) is 0 Å². The topological polar surface area (TPSA) is 34.9 Å². The molecule has 0 N–H and O–H groups in total. The molecule has 0 bridgehead atoms. The molecule has 4 heteroatoms. The van der Waals surface area contributed by atoms with Crippen molar-refractivity contribution >= 4 is 17.9 Å². The lowest BCUT2D eigenvalue weighted by molar-refractivity contribution is 0.112. The summed E-state index contributed by atoms with van der Waals surface area (Å²) < 4.78 is 1.92. The number of rotatable bonds is 4. The van der Waals surface area contributed by atoms with Gasteiger partial charge in [-0.05, 0) is 24.6 Å². The van der Waals surface area contributed by atoms with E-state index in [4.69, 9.17) is 11.6 Å². The van der Waals surface area contributed by atoms with E-state index in [-0.39, 0.29) is 0 Å².